The van der Waals surface area contributed by atoms with Crippen LogP contribution in [0.5, 0.6) is 11.5 Å². The SMILES string of the molecule is CCCCCCCCCO[Si](CC)(CC)OCc1cccc(Oc2ccccc2)c1. The van der Waals surface area contributed by atoms with Crippen molar-refractivity contribution in [2.45, 2.75) is 84.4 Å². The Kier molecular flexibility index (Phi) is 11.8. The molecule has 0 saturated heterocycles. The topological polar surface area (TPSA) is 27.7 Å². The van der Waals surface area contributed by atoms with Crippen molar-refractivity contribution in [2.75, 3.05) is 6.61 Å². The lowest BCUT2D eigenvalue weighted by Crippen LogP contribution is -2.40. The average molecular weight is 429 g/mol. The van der Waals surface area contributed by atoms with E-state index >= 15 is 0 Å². The molecule has 166 valence electrons. The van der Waals surface area contributed by atoms with Gasteiger partial charge in [-0.2, -0.15) is 0 Å². The molecule has 0 atom stereocenters. The normalized spacial score (nSPS) is 11.6. The summed E-state index contributed by atoms with van der Waals surface area (Å²) in [7, 11) is -2.14. The molecule has 30 heavy (non-hydrogen) atoms. The molecule has 0 aromatic heterocycles. The van der Waals surface area contributed by atoms with Gasteiger partial charge >= 0.3 is 8.56 Å². The fourth-order valence-corrected chi connectivity index (χ4v) is 5.90. The molecule has 0 spiro atoms. The Labute approximate surface area is 185 Å². The predicted octanol–water partition coefficient (Wildman–Crippen LogP) is 8.24. The second-order valence-electron chi connectivity index (χ2n) is 7.94. The summed E-state index contributed by atoms with van der Waals surface area (Å²) >= 11 is 0. The lowest BCUT2D eigenvalue weighted by Gasteiger charge is -2.29. The maximum atomic E-state index is 6.44. The smallest absolute Gasteiger partial charge is 0.337 e. The van der Waals surface area contributed by atoms with Crippen molar-refractivity contribution in [2.24, 2.45) is 0 Å². The van der Waals surface area contributed by atoms with E-state index in [0.717, 1.165) is 42.2 Å². The Morgan fingerprint density at radius 1 is 0.667 bits per heavy atom. The van der Waals surface area contributed by atoms with E-state index in [1.165, 1.54) is 38.5 Å². The van der Waals surface area contributed by atoms with Gasteiger partial charge in [-0.1, -0.05) is 89.6 Å². The predicted molar refractivity (Wildman–Crippen MR) is 128 cm³/mol. The minimum atomic E-state index is -2.14. The molecule has 2 rings (SSSR count). The molecule has 0 aliphatic heterocycles. The quantitative estimate of drug-likeness (QED) is 0.199. The molecule has 4 heteroatoms. The van der Waals surface area contributed by atoms with Crippen molar-refractivity contribution in [3.8, 4) is 11.5 Å². The summed E-state index contributed by atoms with van der Waals surface area (Å²) in [6.07, 6.45) is 9.13. The van der Waals surface area contributed by atoms with Gasteiger partial charge in [0.2, 0.25) is 0 Å². The Balaban J connectivity index is 1.79. The van der Waals surface area contributed by atoms with Gasteiger partial charge in [-0.15, -0.1) is 0 Å². The average Bonchev–Trinajstić information content (AvgIpc) is 2.79. The molecule has 0 radical (unpaired) electrons. The minimum Gasteiger partial charge on any atom is -0.457 e. The molecule has 2 aromatic rings. The Bertz CT molecular complexity index is 686. The monoisotopic (exact) mass is 428 g/mol. The first kappa shape index (κ1) is 24.6. The van der Waals surface area contributed by atoms with Crippen LogP contribution in [0.4, 0.5) is 0 Å². The van der Waals surface area contributed by atoms with E-state index in [1.54, 1.807) is 0 Å². The standard InChI is InChI=1S/C26H40O3Si/c1-4-7-8-9-10-11-15-21-27-30(5-2,6-3)28-23-24-17-16-20-26(22-24)29-25-18-13-12-14-19-25/h12-14,16-20,22H,4-11,15,21,23H2,1-3H3. The Morgan fingerprint density at radius 3 is 2.03 bits per heavy atom. The fraction of sp³-hybridized carbons (Fsp3) is 0.538. The number of hydrogen-bond donors (Lipinski definition) is 0. The van der Waals surface area contributed by atoms with Crippen LogP contribution in [0.1, 0.15) is 71.3 Å². The maximum Gasteiger partial charge on any atom is 0.337 e. The highest BCUT2D eigenvalue weighted by molar-refractivity contribution is 6.67. The van der Waals surface area contributed by atoms with Crippen LogP contribution >= 0.6 is 0 Å². The van der Waals surface area contributed by atoms with E-state index in [4.69, 9.17) is 13.6 Å². The van der Waals surface area contributed by atoms with Crippen LogP contribution in [0.25, 0.3) is 0 Å². The van der Waals surface area contributed by atoms with Gasteiger partial charge in [-0.05, 0) is 48.3 Å². The first-order valence-electron chi connectivity index (χ1n) is 11.8. The van der Waals surface area contributed by atoms with Crippen LogP contribution in [-0.2, 0) is 15.5 Å². The number of para-hydroxylation sites is 1. The molecule has 3 nitrogen and oxygen atoms in total. The van der Waals surface area contributed by atoms with Crippen molar-refractivity contribution in [3.05, 3.63) is 60.2 Å². The molecule has 0 N–H and O–H groups in total. The van der Waals surface area contributed by atoms with Crippen LogP contribution in [0.3, 0.4) is 0 Å². The highest BCUT2D eigenvalue weighted by Gasteiger charge is 2.33. The summed E-state index contributed by atoms with van der Waals surface area (Å²) in [6.45, 7) is 8.08. The lowest BCUT2D eigenvalue weighted by molar-refractivity contribution is 0.158. The van der Waals surface area contributed by atoms with Crippen LogP contribution in [-0.4, -0.2) is 15.2 Å². The van der Waals surface area contributed by atoms with E-state index in [9.17, 15) is 0 Å². The summed E-state index contributed by atoms with van der Waals surface area (Å²) in [5.74, 6) is 1.69. The number of ether oxygens (including phenoxy) is 1. The van der Waals surface area contributed by atoms with Gasteiger partial charge in [0.1, 0.15) is 11.5 Å². The van der Waals surface area contributed by atoms with Crippen LogP contribution < -0.4 is 4.74 Å². The molecule has 2 aromatic carbocycles. The highest BCUT2D eigenvalue weighted by atomic mass is 28.4. The molecule has 0 aliphatic rings. The third kappa shape index (κ3) is 9.03. The lowest BCUT2D eigenvalue weighted by atomic mass is 10.1. The summed E-state index contributed by atoms with van der Waals surface area (Å²) in [5.41, 5.74) is 1.13. The largest absolute Gasteiger partial charge is 0.457 e. The van der Waals surface area contributed by atoms with Crippen molar-refractivity contribution in [3.63, 3.8) is 0 Å². The van der Waals surface area contributed by atoms with Gasteiger partial charge < -0.3 is 13.6 Å². The van der Waals surface area contributed by atoms with Gasteiger partial charge in [-0.25, -0.2) is 0 Å². The highest BCUT2D eigenvalue weighted by Crippen LogP contribution is 2.25. The maximum absolute atomic E-state index is 6.44. The number of hydrogen-bond acceptors (Lipinski definition) is 3. The number of benzene rings is 2. The van der Waals surface area contributed by atoms with E-state index < -0.39 is 8.56 Å². The summed E-state index contributed by atoms with van der Waals surface area (Å²) < 4.78 is 18.8. The zero-order valence-electron chi connectivity index (χ0n) is 19.2. The van der Waals surface area contributed by atoms with E-state index in [-0.39, 0.29) is 0 Å². The van der Waals surface area contributed by atoms with Crippen molar-refractivity contribution < 1.29 is 13.6 Å². The fourth-order valence-electron chi connectivity index (χ4n) is 3.56. The summed E-state index contributed by atoms with van der Waals surface area (Å²) in [5, 5.41) is 0. The van der Waals surface area contributed by atoms with Crippen LogP contribution in [0.15, 0.2) is 54.6 Å². The molecular formula is C26H40O3Si. The zero-order valence-corrected chi connectivity index (χ0v) is 20.2. The molecule has 0 saturated carbocycles. The van der Waals surface area contributed by atoms with Gasteiger partial charge in [-0.3, -0.25) is 0 Å². The third-order valence-electron chi connectivity index (χ3n) is 5.57. The third-order valence-corrected chi connectivity index (χ3v) is 9.12. The molecule has 0 bridgehead atoms. The summed E-state index contributed by atoms with van der Waals surface area (Å²) in [4.78, 5) is 0. The molecular weight excluding hydrogens is 388 g/mol. The first-order chi connectivity index (χ1) is 14.7. The second kappa shape index (κ2) is 14.4. The van der Waals surface area contributed by atoms with E-state index in [1.807, 2.05) is 42.5 Å². The molecule has 0 amide bonds. The van der Waals surface area contributed by atoms with Crippen molar-refractivity contribution in [1.29, 1.82) is 0 Å². The number of rotatable bonds is 16. The van der Waals surface area contributed by atoms with Crippen LogP contribution in [0.2, 0.25) is 12.1 Å². The Morgan fingerprint density at radius 2 is 1.33 bits per heavy atom. The second-order valence-corrected chi connectivity index (χ2v) is 11.8. The minimum absolute atomic E-state index is 0.580. The van der Waals surface area contributed by atoms with Crippen molar-refractivity contribution in [1.82, 2.24) is 0 Å². The van der Waals surface area contributed by atoms with Gasteiger partial charge in [0.15, 0.2) is 0 Å². The molecule has 0 fully saturated rings. The first-order valence-corrected chi connectivity index (χ1v) is 14.0. The zero-order chi connectivity index (χ0) is 21.5. The number of unbranched alkanes of at least 4 members (excludes halogenated alkanes) is 6. The van der Waals surface area contributed by atoms with Crippen LogP contribution in [0, 0.1) is 0 Å². The Hall–Kier alpha value is -1.62. The van der Waals surface area contributed by atoms with E-state index in [0.29, 0.717) is 6.61 Å². The summed E-state index contributed by atoms with van der Waals surface area (Å²) in [6, 6.07) is 20.0. The molecule has 0 heterocycles. The molecule has 0 aliphatic carbocycles. The molecule has 0 unspecified atom stereocenters. The van der Waals surface area contributed by atoms with Gasteiger partial charge in [0, 0.05) is 6.61 Å². The van der Waals surface area contributed by atoms with Crippen molar-refractivity contribution >= 4 is 8.56 Å². The van der Waals surface area contributed by atoms with E-state index in [2.05, 4.69) is 32.9 Å². The van der Waals surface area contributed by atoms with Gasteiger partial charge in [0.25, 0.3) is 0 Å². The van der Waals surface area contributed by atoms with Gasteiger partial charge in [0.05, 0.1) is 6.61 Å².